The van der Waals surface area contributed by atoms with Crippen molar-refractivity contribution >= 4 is 33.2 Å². The lowest BCUT2D eigenvalue weighted by Crippen LogP contribution is -2.51. The summed E-state index contributed by atoms with van der Waals surface area (Å²) in [6.45, 7) is 0. The predicted octanol–water partition coefficient (Wildman–Crippen LogP) is 4.31. The molecule has 0 fully saturated rings. The highest BCUT2D eigenvalue weighted by Gasteiger charge is 2.55. The van der Waals surface area contributed by atoms with Crippen LogP contribution in [-0.4, -0.2) is 39.1 Å². The molecule has 31 heavy (non-hydrogen) atoms. The van der Waals surface area contributed by atoms with Crippen molar-refractivity contribution in [2.24, 2.45) is 5.84 Å². The van der Waals surface area contributed by atoms with E-state index in [1.165, 1.54) is 5.01 Å². The number of hydrazine groups is 1. The number of nitrogens with zero attached hydrogens (tertiary/aromatic N) is 3. The second-order valence-corrected chi connectivity index (χ2v) is 9.24. The minimum absolute atomic E-state index is 0.213. The number of hydrogen-bond donors (Lipinski definition) is 1. The van der Waals surface area contributed by atoms with Gasteiger partial charge in [0.15, 0.2) is 0 Å². The summed E-state index contributed by atoms with van der Waals surface area (Å²) in [5.74, 6) is 7.76. The van der Waals surface area contributed by atoms with Gasteiger partial charge in [-0.15, -0.1) is 0 Å². The van der Waals surface area contributed by atoms with Crippen molar-refractivity contribution in [2.45, 2.75) is 5.54 Å². The normalized spacial score (nSPS) is 15.3. The zero-order chi connectivity index (χ0) is 22.1. The lowest BCUT2D eigenvalue weighted by molar-refractivity contribution is 0.0665. The molecule has 0 bridgehead atoms. The zero-order valence-electron chi connectivity index (χ0n) is 17.8. The maximum atomic E-state index is 13.3. The summed E-state index contributed by atoms with van der Waals surface area (Å²) >= 11 is 3.58. The number of benzene rings is 3. The van der Waals surface area contributed by atoms with Gasteiger partial charge in [0.2, 0.25) is 0 Å². The minimum atomic E-state index is -0.977. The fourth-order valence-corrected chi connectivity index (χ4v) is 4.93. The minimum Gasteiger partial charge on any atom is -0.456 e. The molecule has 0 atom stereocenters. The van der Waals surface area contributed by atoms with Crippen molar-refractivity contribution in [3.05, 3.63) is 81.3 Å². The van der Waals surface area contributed by atoms with Gasteiger partial charge >= 0.3 is 0 Å². The largest absolute Gasteiger partial charge is 0.456 e. The number of nitrogens with two attached hydrogens (primary N) is 1. The van der Waals surface area contributed by atoms with E-state index in [2.05, 4.69) is 15.9 Å². The molecule has 3 aromatic rings. The SMILES string of the molecule is CN(C)c1ccc2c(c1)Oc1cc(N(C)C)ccc1C21c2cc(Br)ccc2C(=O)N1N. The highest BCUT2D eigenvalue weighted by molar-refractivity contribution is 9.10. The number of carbonyl (C=O) groups is 1. The quantitative estimate of drug-likeness (QED) is 0.439. The molecule has 0 unspecified atom stereocenters. The molecule has 2 heterocycles. The van der Waals surface area contributed by atoms with Gasteiger partial charge in [-0.3, -0.25) is 9.80 Å². The first-order chi connectivity index (χ1) is 14.7. The number of carbonyl (C=O) groups excluding carboxylic acids is 1. The molecule has 2 aliphatic heterocycles. The van der Waals surface area contributed by atoms with E-state index in [1.807, 2.05) is 92.6 Å². The highest BCUT2D eigenvalue weighted by Crippen LogP contribution is 2.57. The number of halogens is 1. The van der Waals surface area contributed by atoms with Crippen LogP contribution in [0.3, 0.4) is 0 Å². The van der Waals surface area contributed by atoms with Crippen LogP contribution in [0.4, 0.5) is 11.4 Å². The van der Waals surface area contributed by atoms with Crippen molar-refractivity contribution in [1.29, 1.82) is 0 Å². The number of fused-ring (bicyclic) bond motifs is 6. The van der Waals surface area contributed by atoms with E-state index in [0.717, 1.165) is 32.5 Å². The third-order valence-corrected chi connectivity index (χ3v) is 6.64. The van der Waals surface area contributed by atoms with Crippen LogP contribution >= 0.6 is 15.9 Å². The first-order valence-corrected chi connectivity index (χ1v) is 10.7. The van der Waals surface area contributed by atoms with Gasteiger partial charge in [0.05, 0.1) is 0 Å². The third kappa shape index (κ3) is 2.63. The highest BCUT2D eigenvalue weighted by atomic mass is 79.9. The van der Waals surface area contributed by atoms with Crippen LogP contribution in [0, 0.1) is 0 Å². The second kappa shape index (κ2) is 6.73. The van der Waals surface area contributed by atoms with Crippen LogP contribution in [-0.2, 0) is 5.54 Å². The standard InChI is InChI=1S/C24H23BrN4O2/c1-27(2)15-6-9-18-21(12-15)31-22-13-16(28(3)4)7-10-19(22)24(18)20-11-14(25)5-8-17(20)23(30)29(24)26/h5-13H,26H2,1-4H3. The molecule has 158 valence electrons. The zero-order valence-corrected chi connectivity index (χ0v) is 19.4. The number of amides is 1. The lowest BCUT2D eigenvalue weighted by atomic mass is 9.75. The molecule has 0 saturated heterocycles. The van der Waals surface area contributed by atoms with Gasteiger partial charge in [-0.25, -0.2) is 5.84 Å². The summed E-state index contributed by atoms with van der Waals surface area (Å²) in [5, 5.41) is 1.36. The van der Waals surface area contributed by atoms with Gasteiger partial charge in [-0.05, 0) is 30.3 Å². The average molecular weight is 479 g/mol. The molecule has 1 amide bonds. The van der Waals surface area contributed by atoms with Gasteiger partial charge in [-0.1, -0.05) is 28.1 Å². The van der Waals surface area contributed by atoms with E-state index in [0.29, 0.717) is 17.1 Å². The van der Waals surface area contributed by atoms with Crippen LogP contribution < -0.4 is 20.4 Å². The van der Waals surface area contributed by atoms with Gasteiger partial charge in [-0.2, -0.15) is 0 Å². The van der Waals surface area contributed by atoms with Gasteiger partial charge < -0.3 is 14.5 Å². The number of anilines is 2. The van der Waals surface area contributed by atoms with E-state index in [9.17, 15) is 4.79 Å². The summed E-state index contributed by atoms with van der Waals surface area (Å²) in [6, 6.07) is 17.7. The van der Waals surface area contributed by atoms with Crippen LogP contribution in [0.2, 0.25) is 0 Å². The Kier molecular flexibility index (Phi) is 4.32. The van der Waals surface area contributed by atoms with Crippen molar-refractivity contribution < 1.29 is 9.53 Å². The molecule has 5 rings (SSSR count). The third-order valence-electron chi connectivity index (χ3n) is 6.14. The smallest absolute Gasteiger partial charge is 0.269 e. The molecule has 2 N–H and O–H groups in total. The molecular formula is C24H23BrN4O2. The molecule has 6 nitrogen and oxygen atoms in total. The first-order valence-electron chi connectivity index (χ1n) is 9.96. The predicted molar refractivity (Wildman–Crippen MR) is 126 cm³/mol. The van der Waals surface area contributed by atoms with Crippen LogP contribution in [0.1, 0.15) is 27.0 Å². The Labute approximate surface area is 189 Å². The summed E-state index contributed by atoms with van der Waals surface area (Å²) in [5.41, 5.74) is 4.15. The fourth-order valence-electron chi connectivity index (χ4n) is 4.57. The number of hydrogen-bond acceptors (Lipinski definition) is 5. The molecule has 0 radical (unpaired) electrons. The topological polar surface area (TPSA) is 62.0 Å². The summed E-state index contributed by atoms with van der Waals surface area (Å²) < 4.78 is 7.30. The average Bonchev–Trinajstić information content (AvgIpc) is 2.95. The molecule has 2 aliphatic rings. The number of ether oxygens (including phenoxy) is 1. The Morgan fingerprint density at radius 2 is 1.39 bits per heavy atom. The molecule has 7 heteroatoms. The van der Waals surface area contributed by atoms with Crippen molar-refractivity contribution in [3.63, 3.8) is 0 Å². The Morgan fingerprint density at radius 1 is 0.839 bits per heavy atom. The van der Waals surface area contributed by atoms with Gasteiger partial charge in [0.1, 0.15) is 17.0 Å². The van der Waals surface area contributed by atoms with Crippen molar-refractivity contribution in [1.82, 2.24) is 5.01 Å². The Bertz CT molecular complexity index is 1180. The van der Waals surface area contributed by atoms with Gasteiger partial charge in [0, 0.05) is 78.4 Å². The van der Waals surface area contributed by atoms with E-state index >= 15 is 0 Å². The van der Waals surface area contributed by atoms with E-state index in [4.69, 9.17) is 10.6 Å². The summed E-state index contributed by atoms with van der Waals surface area (Å²) in [6.07, 6.45) is 0. The Hall–Kier alpha value is -3.03. The van der Waals surface area contributed by atoms with Crippen molar-refractivity contribution in [3.8, 4) is 11.5 Å². The monoisotopic (exact) mass is 478 g/mol. The van der Waals surface area contributed by atoms with E-state index in [-0.39, 0.29) is 5.91 Å². The second-order valence-electron chi connectivity index (χ2n) is 8.33. The maximum Gasteiger partial charge on any atom is 0.269 e. The van der Waals surface area contributed by atoms with Crippen LogP contribution in [0.15, 0.2) is 59.1 Å². The molecule has 0 saturated carbocycles. The lowest BCUT2D eigenvalue weighted by Gasteiger charge is -2.42. The van der Waals surface area contributed by atoms with Crippen LogP contribution in [0.25, 0.3) is 0 Å². The molecule has 0 aliphatic carbocycles. The van der Waals surface area contributed by atoms with E-state index in [1.54, 1.807) is 0 Å². The fraction of sp³-hybridized carbons (Fsp3) is 0.208. The van der Waals surface area contributed by atoms with E-state index < -0.39 is 5.54 Å². The van der Waals surface area contributed by atoms with Gasteiger partial charge in [0.25, 0.3) is 5.91 Å². The maximum absolute atomic E-state index is 13.3. The summed E-state index contributed by atoms with van der Waals surface area (Å²) in [4.78, 5) is 17.3. The molecule has 3 aromatic carbocycles. The van der Waals surface area contributed by atoms with Crippen LogP contribution in [0.5, 0.6) is 11.5 Å². The molecule has 0 aromatic heterocycles. The number of rotatable bonds is 2. The Morgan fingerprint density at radius 3 is 1.90 bits per heavy atom. The molecule has 1 spiro atoms. The Balaban J connectivity index is 1.89. The first kappa shape index (κ1) is 19.9. The summed E-state index contributed by atoms with van der Waals surface area (Å²) in [7, 11) is 7.94. The molecular weight excluding hydrogens is 456 g/mol. The van der Waals surface area contributed by atoms with Crippen molar-refractivity contribution in [2.75, 3.05) is 38.0 Å².